The van der Waals surface area contributed by atoms with Gasteiger partial charge in [-0.15, -0.1) is 0 Å². The first-order valence-corrected chi connectivity index (χ1v) is 19.8. The Balaban J connectivity index is 1.28. The lowest BCUT2D eigenvalue weighted by atomic mass is 9.93. The molecule has 1 aliphatic rings. The number of unbranched alkanes of at least 4 members (excludes halogenated alkanes) is 10. The molecule has 0 aliphatic carbocycles. The van der Waals surface area contributed by atoms with E-state index in [0.717, 1.165) is 37.8 Å². The van der Waals surface area contributed by atoms with Gasteiger partial charge < -0.3 is 23.7 Å². The number of nitro groups is 2. The van der Waals surface area contributed by atoms with Gasteiger partial charge in [-0.1, -0.05) is 78.1 Å². The largest absolute Gasteiger partial charge is 0.494 e. The number of fused-ring (bicyclic) bond motifs is 3. The first-order valence-electron chi connectivity index (χ1n) is 19.8. The van der Waals surface area contributed by atoms with Crippen molar-refractivity contribution in [3.8, 4) is 34.1 Å². The zero-order valence-electron chi connectivity index (χ0n) is 32.6. The molecule has 0 unspecified atom stereocenters. The normalized spacial score (nSPS) is 11.8. The zero-order chi connectivity index (χ0) is 40.6. The third-order valence-electron chi connectivity index (χ3n) is 9.64. The summed E-state index contributed by atoms with van der Waals surface area (Å²) in [4.78, 5) is 49.8. The molecule has 4 aromatic carbocycles. The molecule has 1 heterocycles. The van der Waals surface area contributed by atoms with Crippen molar-refractivity contribution in [3.05, 3.63) is 115 Å². The highest BCUT2D eigenvalue weighted by molar-refractivity contribution is 5.93. The molecule has 302 valence electrons. The van der Waals surface area contributed by atoms with E-state index >= 15 is 0 Å². The molecule has 0 radical (unpaired) electrons. The molecule has 0 saturated heterocycles. The number of carbonyl (C=O) groups excluding carboxylic acids is 2. The predicted octanol–water partition coefficient (Wildman–Crippen LogP) is 11.1. The van der Waals surface area contributed by atoms with Gasteiger partial charge in [0, 0.05) is 0 Å². The van der Waals surface area contributed by atoms with E-state index in [0.29, 0.717) is 24.7 Å². The van der Waals surface area contributed by atoms with E-state index in [4.69, 9.17) is 23.7 Å². The van der Waals surface area contributed by atoms with Gasteiger partial charge in [0.2, 0.25) is 0 Å². The summed E-state index contributed by atoms with van der Waals surface area (Å²) in [6.45, 7) is 5.12. The smallest absolute Gasteiger partial charge is 0.343 e. The molecular formula is C44H50N2O11. The van der Waals surface area contributed by atoms with E-state index in [1.165, 1.54) is 63.5 Å². The second-order valence-corrected chi connectivity index (χ2v) is 14.0. The molecular weight excluding hydrogens is 732 g/mol. The van der Waals surface area contributed by atoms with Gasteiger partial charge in [-0.3, -0.25) is 20.2 Å². The Kier molecular flexibility index (Phi) is 15.9. The van der Waals surface area contributed by atoms with Gasteiger partial charge in [0.15, 0.2) is 0 Å². The molecule has 0 atom stereocenters. The number of rotatable bonds is 22. The number of hydrogen-bond donors (Lipinski definition) is 0. The van der Waals surface area contributed by atoms with E-state index in [-0.39, 0.29) is 58.1 Å². The van der Waals surface area contributed by atoms with Crippen LogP contribution in [0.5, 0.6) is 23.0 Å². The third-order valence-corrected chi connectivity index (χ3v) is 9.64. The fraction of sp³-hybridized carbons (Fsp3) is 0.409. The van der Waals surface area contributed by atoms with Gasteiger partial charge in [0.1, 0.15) is 23.0 Å². The maximum atomic E-state index is 13.1. The lowest BCUT2D eigenvalue weighted by Crippen LogP contribution is -2.10. The van der Waals surface area contributed by atoms with Crippen molar-refractivity contribution in [2.75, 3.05) is 13.2 Å². The van der Waals surface area contributed by atoms with Crippen LogP contribution in [-0.2, 0) is 18.0 Å². The molecule has 0 saturated carbocycles. The summed E-state index contributed by atoms with van der Waals surface area (Å²) in [6.07, 6.45) is 13.7. The van der Waals surface area contributed by atoms with Crippen LogP contribution in [0.3, 0.4) is 0 Å². The van der Waals surface area contributed by atoms with Crippen molar-refractivity contribution in [2.45, 2.75) is 104 Å². The van der Waals surface area contributed by atoms with Crippen LogP contribution in [0.4, 0.5) is 11.4 Å². The van der Waals surface area contributed by atoms with Gasteiger partial charge in [-0.2, -0.15) is 0 Å². The average Bonchev–Trinajstić information content (AvgIpc) is 3.39. The molecule has 0 amide bonds. The Morgan fingerprint density at radius 2 is 0.912 bits per heavy atom. The summed E-state index contributed by atoms with van der Waals surface area (Å²) < 4.78 is 28.5. The number of nitro benzene ring substituents is 2. The van der Waals surface area contributed by atoms with Crippen LogP contribution in [-0.4, -0.2) is 35.0 Å². The molecule has 0 bridgehead atoms. The van der Waals surface area contributed by atoms with E-state index in [1.54, 1.807) is 48.5 Å². The van der Waals surface area contributed by atoms with Crippen molar-refractivity contribution < 1.29 is 43.1 Å². The summed E-state index contributed by atoms with van der Waals surface area (Å²) in [5, 5.41) is 24.9. The minimum atomic E-state index is -0.755. The van der Waals surface area contributed by atoms with Crippen LogP contribution in [0.25, 0.3) is 11.1 Å². The zero-order valence-corrected chi connectivity index (χ0v) is 32.6. The Morgan fingerprint density at radius 1 is 0.544 bits per heavy atom. The van der Waals surface area contributed by atoms with E-state index < -0.39 is 33.2 Å². The van der Waals surface area contributed by atoms with Gasteiger partial charge in [0.05, 0.1) is 70.7 Å². The summed E-state index contributed by atoms with van der Waals surface area (Å²) in [7, 11) is 0. The number of nitrogens with zero attached hydrogens (tertiary/aromatic N) is 2. The summed E-state index contributed by atoms with van der Waals surface area (Å²) in [5.74, 6) is -0.562. The van der Waals surface area contributed by atoms with Crippen molar-refractivity contribution >= 4 is 23.3 Å². The number of ether oxygens (including phenoxy) is 5. The van der Waals surface area contributed by atoms with Gasteiger partial charge in [-0.05, 0) is 84.6 Å². The minimum absolute atomic E-state index is 0.0553. The summed E-state index contributed by atoms with van der Waals surface area (Å²) >= 11 is 0. The highest BCUT2D eigenvalue weighted by Gasteiger charge is 2.33. The van der Waals surface area contributed by atoms with E-state index in [2.05, 4.69) is 13.8 Å². The second-order valence-electron chi connectivity index (χ2n) is 14.0. The standard InChI is InChI=1S/C44H50N2O11/c1-3-5-7-9-11-13-23-54-35-19-15-31(16-20-35)43(47)56-37-25-33-29-53-30-34-26-38(28-40(46(51)52)42(34)41(33)39(27-37)45(49)50)57-44(48)32-17-21-36(22-18-32)55-24-14-12-10-8-6-4-2/h15-22,25-28H,3-14,23-24,29-30H2,1-2H3. The van der Waals surface area contributed by atoms with Crippen molar-refractivity contribution in [3.63, 3.8) is 0 Å². The molecule has 1 aliphatic heterocycles. The third kappa shape index (κ3) is 12.1. The topological polar surface area (TPSA) is 167 Å². The van der Waals surface area contributed by atoms with Crippen molar-refractivity contribution in [2.24, 2.45) is 0 Å². The molecule has 5 rings (SSSR count). The first-order chi connectivity index (χ1) is 27.7. The van der Waals surface area contributed by atoms with Crippen LogP contribution >= 0.6 is 0 Å². The first kappa shape index (κ1) is 42.3. The van der Waals surface area contributed by atoms with E-state index in [9.17, 15) is 29.8 Å². The van der Waals surface area contributed by atoms with Crippen molar-refractivity contribution in [1.29, 1.82) is 0 Å². The molecule has 0 N–H and O–H groups in total. The number of carbonyl (C=O) groups is 2. The molecule has 13 heteroatoms. The maximum Gasteiger partial charge on any atom is 0.343 e. The van der Waals surface area contributed by atoms with Crippen LogP contribution in [0, 0.1) is 20.2 Å². The highest BCUT2D eigenvalue weighted by atomic mass is 16.6. The fourth-order valence-corrected chi connectivity index (χ4v) is 6.65. The molecule has 0 aromatic heterocycles. The van der Waals surface area contributed by atoms with E-state index in [1.807, 2.05) is 0 Å². The number of hydrogen-bond acceptors (Lipinski definition) is 11. The van der Waals surface area contributed by atoms with Gasteiger partial charge >= 0.3 is 11.9 Å². The molecule has 13 nitrogen and oxygen atoms in total. The van der Waals surface area contributed by atoms with Crippen molar-refractivity contribution in [1.82, 2.24) is 0 Å². The molecule has 0 spiro atoms. The van der Waals surface area contributed by atoms with Crippen LogP contribution in [0.2, 0.25) is 0 Å². The molecule has 0 fully saturated rings. The lowest BCUT2D eigenvalue weighted by molar-refractivity contribution is -0.386. The Hall–Kier alpha value is -5.82. The average molecular weight is 783 g/mol. The number of esters is 2. The maximum absolute atomic E-state index is 13.1. The Labute approximate surface area is 332 Å². The quantitative estimate of drug-likeness (QED) is 0.0245. The fourth-order valence-electron chi connectivity index (χ4n) is 6.65. The molecule has 4 aromatic rings. The predicted molar refractivity (Wildman–Crippen MR) is 214 cm³/mol. The van der Waals surface area contributed by atoms with Crippen LogP contribution in [0.15, 0.2) is 72.8 Å². The summed E-state index contributed by atoms with van der Waals surface area (Å²) in [6, 6.07) is 17.7. The summed E-state index contributed by atoms with van der Waals surface area (Å²) in [5.41, 5.74) is -0.343. The monoisotopic (exact) mass is 782 g/mol. The Bertz CT molecular complexity index is 1850. The Morgan fingerprint density at radius 3 is 1.28 bits per heavy atom. The van der Waals surface area contributed by atoms with Gasteiger partial charge in [-0.25, -0.2) is 9.59 Å². The lowest BCUT2D eigenvalue weighted by Gasteiger charge is -2.14. The SMILES string of the molecule is CCCCCCCCOc1ccc(C(=O)Oc2cc3c(c([N+](=O)[O-])c2)-c2c(cc(OC(=O)c4ccc(OCCCCCCCC)cc4)cc2[N+](=O)[O-])COC3)cc1. The molecule has 57 heavy (non-hydrogen) atoms. The van der Waals surface area contributed by atoms with Gasteiger partial charge in [0.25, 0.3) is 11.4 Å². The minimum Gasteiger partial charge on any atom is -0.494 e. The van der Waals surface area contributed by atoms with Crippen LogP contribution in [0.1, 0.15) is 123 Å². The highest BCUT2D eigenvalue weighted by Crippen LogP contribution is 2.46. The number of benzene rings is 4. The second kappa shape index (κ2) is 21.5. The van der Waals surface area contributed by atoms with Crippen LogP contribution < -0.4 is 18.9 Å².